The summed E-state index contributed by atoms with van der Waals surface area (Å²) in [6.07, 6.45) is 2.45. The zero-order valence-corrected chi connectivity index (χ0v) is 12.9. The molecule has 0 saturated heterocycles. The molecular weight excluding hydrogens is 284 g/mol. The summed E-state index contributed by atoms with van der Waals surface area (Å²) in [5.74, 6) is 0. The molecule has 0 aliphatic heterocycles. The van der Waals surface area contributed by atoms with E-state index >= 15 is 0 Å². The van der Waals surface area contributed by atoms with E-state index in [9.17, 15) is 8.42 Å². The number of thiazole rings is 1. The number of nitrogens with two attached hydrogens (primary N) is 1. The molecule has 3 N–H and O–H groups in total. The molecule has 2 rings (SSSR count). The van der Waals surface area contributed by atoms with Crippen molar-refractivity contribution >= 4 is 26.5 Å². The van der Waals surface area contributed by atoms with E-state index in [1.165, 1.54) is 12.8 Å². The molecule has 8 heteroatoms. The van der Waals surface area contributed by atoms with Gasteiger partial charge in [-0.3, -0.25) is 4.90 Å². The minimum absolute atomic E-state index is 0.222. The number of hydrogen-bond donors (Lipinski definition) is 2. The summed E-state index contributed by atoms with van der Waals surface area (Å²) >= 11 is 1.01. The van der Waals surface area contributed by atoms with Gasteiger partial charge in [0.1, 0.15) is 0 Å². The number of aryl methyl sites for hydroxylation is 1. The zero-order valence-electron chi connectivity index (χ0n) is 11.2. The number of nitrogens with zero attached hydrogens (tertiary/aromatic N) is 2. The normalized spacial score (nSPS) is 16.2. The Labute approximate surface area is 118 Å². The Morgan fingerprint density at radius 2 is 2.21 bits per heavy atom. The first-order valence-corrected chi connectivity index (χ1v) is 8.70. The van der Waals surface area contributed by atoms with Crippen LogP contribution in [-0.4, -0.2) is 44.0 Å². The molecule has 1 aliphatic carbocycles. The maximum absolute atomic E-state index is 12.1. The highest BCUT2D eigenvalue weighted by Crippen LogP contribution is 2.26. The summed E-state index contributed by atoms with van der Waals surface area (Å²) in [4.78, 5) is 6.24. The molecule has 0 unspecified atom stereocenters. The van der Waals surface area contributed by atoms with Crippen molar-refractivity contribution in [3.8, 4) is 0 Å². The van der Waals surface area contributed by atoms with Gasteiger partial charge in [-0.2, -0.15) is 0 Å². The van der Waals surface area contributed by atoms with E-state index in [1.807, 2.05) is 0 Å². The van der Waals surface area contributed by atoms with E-state index in [2.05, 4.69) is 21.5 Å². The lowest BCUT2D eigenvalue weighted by atomic mass is 10.4. The molecule has 1 saturated carbocycles. The summed E-state index contributed by atoms with van der Waals surface area (Å²) in [6.45, 7) is 5.88. The SMILES string of the molecule is CCN(CCNS(=O)(=O)c1sc(N)nc1C)C1CC1. The van der Waals surface area contributed by atoms with Crippen LogP contribution < -0.4 is 10.5 Å². The molecule has 108 valence electrons. The highest BCUT2D eigenvalue weighted by molar-refractivity contribution is 7.91. The number of hydrogen-bond acceptors (Lipinski definition) is 6. The monoisotopic (exact) mass is 304 g/mol. The Morgan fingerprint density at radius 3 is 2.68 bits per heavy atom. The average molecular weight is 304 g/mol. The van der Waals surface area contributed by atoms with Crippen molar-refractivity contribution in [3.05, 3.63) is 5.69 Å². The second kappa shape index (κ2) is 5.74. The number of aromatic nitrogens is 1. The third-order valence-corrected chi connectivity index (χ3v) is 6.23. The second-order valence-electron chi connectivity index (χ2n) is 4.68. The van der Waals surface area contributed by atoms with Crippen molar-refractivity contribution in [1.82, 2.24) is 14.6 Å². The fraction of sp³-hybridized carbons (Fsp3) is 0.727. The van der Waals surface area contributed by atoms with E-state index in [1.54, 1.807) is 6.92 Å². The molecule has 0 spiro atoms. The molecule has 0 bridgehead atoms. The quantitative estimate of drug-likeness (QED) is 0.778. The summed E-state index contributed by atoms with van der Waals surface area (Å²) in [5.41, 5.74) is 5.99. The van der Waals surface area contributed by atoms with E-state index in [0.29, 0.717) is 18.3 Å². The van der Waals surface area contributed by atoms with Crippen molar-refractivity contribution in [1.29, 1.82) is 0 Å². The number of sulfonamides is 1. The molecule has 1 aromatic rings. The van der Waals surface area contributed by atoms with Gasteiger partial charge >= 0.3 is 0 Å². The summed E-state index contributed by atoms with van der Waals surface area (Å²) in [7, 11) is -3.48. The molecule has 0 radical (unpaired) electrons. The summed E-state index contributed by atoms with van der Waals surface area (Å²) < 4.78 is 27.1. The first-order chi connectivity index (χ1) is 8.94. The van der Waals surface area contributed by atoms with E-state index < -0.39 is 10.0 Å². The Balaban J connectivity index is 1.92. The lowest BCUT2D eigenvalue weighted by Gasteiger charge is -2.19. The van der Waals surface area contributed by atoms with Crippen molar-refractivity contribution in [2.45, 2.75) is 36.9 Å². The Morgan fingerprint density at radius 1 is 1.53 bits per heavy atom. The first kappa shape index (κ1) is 14.7. The fourth-order valence-corrected chi connectivity index (χ4v) is 4.44. The number of nitrogen functional groups attached to an aromatic ring is 1. The number of nitrogens with one attached hydrogen (secondary N) is 1. The molecule has 0 atom stereocenters. The largest absolute Gasteiger partial charge is 0.375 e. The van der Waals surface area contributed by atoms with Crippen LogP contribution in [0.1, 0.15) is 25.5 Å². The van der Waals surface area contributed by atoms with Crippen LogP contribution in [0.25, 0.3) is 0 Å². The Bertz CT molecular complexity index is 537. The predicted molar refractivity (Wildman–Crippen MR) is 76.7 cm³/mol. The molecule has 1 aliphatic rings. The minimum Gasteiger partial charge on any atom is -0.375 e. The van der Waals surface area contributed by atoms with Crippen LogP contribution in [0.4, 0.5) is 5.13 Å². The number of rotatable bonds is 7. The van der Waals surface area contributed by atoms with Gasteiger partial charge in [-0.15, -0.1) is 0 Å². The topological polar surface area (TPSA) is 88.3 Å². The van der Waals surface area contributed by atoms with Gasteiger partial charge in [0.05, 0.1) is 5.69 Å². The van der Waals surface area contributed by atoms with Crippen LogP contribution in [0.15, 0.2) is 4.21 Å². The van der Waals surface area contributed by atoms with Crippen molar-refractivity contribution in [2.75, 3.05) is 25.4 Å². The fourth-order valence-electron chi connectivity index (χ4n) is 2.08. The van der Waals surface area contributed by atoms with Crippen LogP contribution >= 0.6 is 11.3 Å². The third-order valence-electron chi connectivity index (χ3n) is 3.18. The van der Waals surface area contributed by atoms with E-state index in [-0.39, 0.29) is 9.34 Å². The first-order valence-electron chi connectivity index (χ1n) is 6.40. The smallest absolute Gasteiger partial charge is 0.252 e. The number of anilines is 1. The lowest BCUT2D eigenvalue weighted by molar-refractivity contribution is 0.282. The standard InChI is InChI=1S/C11H20N4O2S2/c1-3-15(9-4-5-9)7-6-13-19(16,17)10-8(2)14-11(12)18-10/h9,13H,3-7H2,1-2H3,(H2,12,14). The highest BCUT2D eigenvalue weighted by atomic mass is 32.2. The molecule has 1 aromatic heterocycles. The molecule has 6 nitrogen and oxygen atoms in total. The minimum atomic E-state index is -3.48. The molecular formula is C11H20N4O2S2. The average Bonchev–Trinajstić information content (AvgIpc) is 3.10. The number of likely N-dealkylation sites (N-methyl/N-ethyl adjacent to an activating group) is 1. The Hall–Kier alpha value is -0.700. The maximum Gasteiger partial charge on any atom is 0.252 e. The lowest BCUT2D eigenvalue weighted by Crippen LogP contribution is -2.36. The zero-order chi connectivity index (χ0) is 14.0. The third kappa shape index (κ3) is 3.65. The van der Waals surface area contributed by atoms with Crippen molar-refractivity contribution in [3.63, 3.8) is 0 Å². The predicted octanol–water partition coefficient (Wildman–Crippen LogP) is 0.796. The van der Waals surface area contributed by atoms with Gasteiger partial charge in [-0.05, 0) is 26.3 Å². The molecule has 0 aromatic carbocycles. The van der Waals surface area contributed by atoms with Crippen LogP contribution in [0.5, 0.6) is 0 Å². The maximum atomic E-state index is 12.1. The van der Waals surface area contributed by atoms with Crippen LogP contribution in [0.2, 0.25) is 0 Å². The van der Waals surface area contributed by atoms with Crippen molar-refractivity contribution < 1.29 is 8.42 Å². The Kier molecular flexibility index (Phi) is 4.44. The van der Waals surface area contributed by atoms with Gasteiger partial charge in [0.2, 0.25) is 0 Å². The van der Waals surface area contributed by atoms with Gasteiger partial charge in [-0.1, -0.05) is 18.3 Å². The van der Waals surface area contributed by atoms with E-state index in [0.717, 1.165) is 24.4 Å². The van der Waals surface area contributed by atoms with Crippen LogP contribution in [0, 0.1) is 6.92 Å². The van der Waals surface area contributed by atoms with Gasteiger partial charge < -0.3 is 5.73 Å². The second-order valence-corrected chi connectivity index (χ2v) is 7.68. The molecule has 19 heavy (non-hydrogen) atoms. The highest BCUT2D eigenvalue weighted by Gasteiger charge is 2.28. The van der Waals surface area contributed by atoms with Gasteiger partial charge in [0, 0.05) is 19.1 Å². The molecule has 1 heterocycles. The molecule has 0 amide bonds. The molecule has 1 fully saturated rings. The summed E-state index contributed by atoms with van der Waals surface area (Å²) in [6, 6.07) is 0.648. The van der Waals surface area contributed by atoms with Crippen LogP contribution in [-0.2, 0) is 10.0 Å². The van der Waals surface area contributed by atoms with Gasteiger partial charge in [-0.25, -0.2) is 18.1 Å². The van der Waals surface area contributed by atoms with Crippen LogP contribution in [0.3, 0.4) is 0 Å². The van der Waals surface area contributed by atoms with E-state index in [4.69, 9.17) is 5.73 Å². The summed E-state index contributed by atoms with van der Waals surface area (Å²) in [5, 5.41) is 0.283. The van der Waals surface area contributed by atoms with Gasteiger partial charge in [0.25, 0.3) is 10.0 Å². The van der Waals surface area contributed by atoms with Crippen molar-refractivity contribution in [2.24, 2.45) is 0 Å². The van der Waals surface area contributed by atoms with Gasteiger partial charge in [0.15, 0.2) is 9.34 Å².